The molecule has 1 atom stereocenters. The number of aliphatic hydroxyl groups excluding tert-OH is 1. The van der Waals surface area contributed by atoms with Gasteiger partial charge in [-0.15, -0.1) is 0 Å². The molecule has 4 heterocycles. The number of nitrogens with zero attached hydrogens (tertiary/aromatic N) is 6. The second kappa shape index (κ2) is 9.94. The molecule has 3 aromatic heterocycles. The zero-order valence-corrected chi connectivity index (χ0v) is 19.5. The number of H-pyrrole nitrogens is 1. The Hall–Kier alpha value is -4.24. The Morgan fingerprint density at radius 3 is 2.51 bits per heavy atom. The monoisotopic (exact) mass is 468 g/mol. The van der Waals surface area contributed by atoms with Gasteiger partial charge < -0.3 is 19.9 Å². The van der Waals surface area contributed by atoms with Crippen molar-refractivity contribution < 1.29 is 5.11 Å². The van der Waals surface area contributed by atoms with Crippen LogP contribution in [0.15, 0.2) is 78.3 Å². The molecule has 1 aromatic carbocycles. The number of anilines is 1. The molecule has 9 heteroatoms. The third-order valence-electron chi connectivity index (χ3n) is 6.25. The van der Waals surface area contributed by atoms with E-state index in [1.54, 1.807) is 10.9 Å². The number of piperazine rings is 1. The van der Waals surface area contributed by atoms with Gasteiger partial charge in [-0.3, -0.25) is 10.1 Å². The van der Waals surface area contributed by atoms with Crippen molar-refractivity contribution in [3.8, 4) is 11.1 Å². The van der Waals surface area contributed by atoms with Crippen LogP contribution in [0.25, 0.3) is 11.1 Å². The zero-order valence-electron chi connectivity index (χ0n) is 19.5. The molecule has 5 rings (SSSR count). The standard InChI is InChI=1S/C26H28N8O/c1-32-17-22(16-31-32)21-13-23(28-15-21)26(30-18-27)34-11-9-33(10-12-34)24-8-7-20(14-29-24)25(35)19-5-3-2-4-6-19/h2-8,13-18,25,27-28,35H,9-12H2,1H3. The van der Waals surface area contributed by atoms with Crippen molar-refractivity contribution in [3.63, 3.8) is 0 Å². The quantitative estimate of drug-likeness (QED) is 0.298. The van der Waals surface area contributed by atoms with Crippen LogP contribution < -0.4 is 4.90 Å². The van der Waals surface area contributed by atoms with E-state index in [0.29, 0.717) is 0 Å². The molecule has 1 fully saturated rings. The summed E-state index contributed by atoms with van der Waals surface area (Å²) in [4.78, 5) is 16.7. The van der Waals surface area contributed by atoms with Crippen LogP contribution in [0, 0.1) is 5.41 Å². The Balaban J connectivity index is 1.25. The van der Waals surface area contributed by atoms with E-state index in [1.165, 1.54) is 0 Å². The number of aliphatic imine (C=N–C) groups is 1. The summed E-state index contributed by atoms with van der Waals surface area (Å²) >= 11 is 0. The maximum Gasteiger partial charge on any atom is 0.154 e. The molecular weight excluding hydrogens is 440 g/mol. The Labute approximate surface area is 203 Å². The van der Waals surface area contributed by atoms with E-state index in [-0.39, 0.29) is 0 Å². The van der Waals surface area contributed by atoms with Gasteiger partial charge in [0.15, 0.2) is 5.84 Å². The van der Waals surface area contributed by atoms with E-state index in [2.05, 4.69) is 29.9 Å². The Kier molecular flexibility index (Phi) is 6.40. The number of rotatable bonds is 6. The predicted octanol–water partition coefficient (Wildman–Crippen LogP) is 3.07. The van der Waals surface area contributed by atoms with Crippen LogP contribution in [0.3, 0.4) is 0 Å². The van der Waals surface area contributed by atoms with Crippen LogP contribution in [-0.4, -0.2) is 68.1 Å². The number of pyridine rings is 1. The van der Waals surface area contributed by atoms with E-state index in [0.717, 1.165) is 72.1 Å². The fourth-order valence-electron chi connectivity index (χ4n) is 4.36. The summed E-state index contributed by atoms with van der Waals surface area (Å²) in [6, 6.07) is 15.5. The van der Waals surface area contributed by atoms with Gasteiger partial charge in [-0.2, -0.15) is 5.10 Å². The van der Waals surface area contributed by atoms with Gasteiger partial charge in [-0.25, -0.2) is 9.98 Å². The number of aromatic amines is 1. The molecule has 0 spiro atoms. The summed E-state index contributed by atoms with van der Waals surface area (Å²) in [5.74, 6) is 1.64. The molecule has 0 saturated carbocycles. The van der Waals surface area contributed by atoms with Crippen molar-refractivity contribution in [2.24, 2.45) is 12.0 Å². The molecule has 1 aliphatic heterocycles. The first kappa shape index (κ1) is 22.5. The molecule has 0 radical (unpaired) electrons. The highest BCUT2D eigenvalue weighted by Gasteiger charge is 2.23. The minimum Gasteiger partial charge on any atom is -0.384 e. The molecule has 0 aliphatic carbocycles. The van der Waals surface area contributed by atoms with Gasteiger partial charge in [0.1, 0.15) is 18.3 Å². The largest absolute Gasteiger partial charge is 0.384 e. The average molecular weight is 469 g/mol. The third-order valence-corrected chi connectivity index (χ3v) is 6.25. The molecule has 1 aliphatic rings. The molecule has 1 unspecified atom stereocenters. The van der Waals surface area contributed by atoms with E-state index in [9.17, 15) is 5.11 Å². The lowest BCUT2D eigenvalue weighted by Gasteiger charge is -2.36. The summed E-state index contributed by atoms with van der Waals surface area (Å²) in [6.07, 6.45) is 7.89. The van der Waals surface area contributed by atoms with Crippen molar-refractivity contribution in [2.45, 2.75) is 6.10 Å². The lowest BCUT2D eigenvalue weighted by molar-refractivity contribution is 0.220. The van der Waals surface area contributed by atoms with Crippen LogP contribution in [0.1, 0.15) is 22.9 Å². The third kappa shape index (κ3) is 4.85. The number of aryl methyl sites for hydroxylation is 1. The van der Waals surface area contributed by atoms with Crippen molar-refractivity contribution in [1.82, 2.24) is 24.6 Å². The van der Waals surface area contributed by atoms with Crippen LogP contribution in [0.4, 0.5) is 5.82 Å². The van der Waals surface area contributed by atoms with Crippen molar-refractivity contribution in [3.05, 3.63) is 90.1 Å². The summed E-state index contributed by atoms with van der Waals surface area (Å²) in [7, 11) is 1.90. The van der Waals surface area contributed by atoms with Crippen LogP contribution >= 0.6 is 0 Å². The Bertz CT molecular complexity index is 1300. The molecule has 1 saturated heterocycles. The molecule has 0 amide bonds. The number of nitrogens with one attached hydrogen (secondary N) is 2. The van der Waals surface area contributed by atoms with E-state index < -0.39 is 6.10 Å². The van der Waals surface area contributed by atoms with E-state index in [1.807, 2.05) is 74.2 Å². The molecule has 9 nitrogen and oxygen atoms in total. The topological polar surface area (TPSA) is 109 Å². The first-order valence-corrected chi connectivity index (χ1v) is 11.6. The van der Waals surface area contributed by atoms with Gasteiger partial charge >= 0.3 is 0 Å². The fourth-order valence-corrected chi connectivity index (χ4v) is 4.36. The van der Waals surface area contributed by atoms with Gasteiger partial charge in [0, 0.05) is 68.5 Å². The Morgan fingerprint density at radius 2 is 1.86 bits per heavy atom. The highest BCUT2D eigenvalue weighted by molar-refractivity contribution is 6.01. The minimum atomic E-state index is -0.688. The lowest BCUT2D eigenvalue weighted by Crippen LogP contribution is -2.49. The van der Waals surface area contributed by atoms with Gasteiger partial charge in [0.05, 0.1) is 11.9 Å². The van der Waals surface area contributed by atoms with Gasteiger partial charge in [0.25, 0.3) is 0 Å². The Morgan fingerprint density at radius 1 is 1.06 bits per heavy atom. The van der Waals surface area contributed by atoms with Crippen molar-refractivity contribution in [1.29, 1.82) is 5.41 Å². The summed E-state index contributed by atoms with van der Waals surface area (Å²) in [5, 5.41) is 22.4. The minimum absolute atomic E-state index is 0.688. The SMILES string of the molecule is Cn1cc(-c2c[nH]c(C(=NC=N)N3CCN(c4ccc(C(O)c5ccccc5)cn4)CC3)c2)cn1. The maximum absolute atomic E-state index is 10.6. The number of hydrogen-bond acceptors (Lipinski definition) is 5. The maximum atomic E-state index is 10.6. The van der Waals surface area contributed by atoms with Crippen LogP contribution in [0.2, 0.25) is 0 Å². The van der Waals surface area contributed by atoms with E-state index >= 15 is 0 Å². The summed E-state index contributed by atoms with van der Waals surface area (Å²) in [5.41, 5.74) is 4.56. The summed E-state index contributed by atoms with van der Waals surface area (Å²) < 4.78 is 1.77. The van der Waals surface area contributed by atoms with Crippen molar-refractivity contribution >= 4 is 18.0 Å². The van der Waals surface area contributed by atoms with Gasteiger partial charge in [0.2, 0.25) is 0 Å². The lowest BCUT2D eigenvalue weighted by atomic mass is 10.0. The van der Waals surface area contributed by atoms with Gasteiger partial charge in [-0.1, -0.05) is 36.4 Å². The zero-order chi connectivity index (χ0) is 24.2. The second-order valence-electron chi connectivity index (χ2n) is 8.52. The number of aromatic nitrogens is 4. The molecule has 0 bridgehead atoms. The highest BCUT2D eigenvalue weighted by atomic mass is 16.3. The molecule has 35 heavy (non-hydrogen) atoms. The predicted molar refractivity (Wildman–Crippen MR) is 137 cm³/mol. The average Bonchev–Trinajstić information content (AvgIpc) is 3.57. The highest BCUT2D eigenvalue weighted by Crippen LogP contribution is 2.24. The number of hydrogen-bond donors (Lipinski definition) is 3. The second-order valence-corrected chi connectivity index (χ2v) is 8.52. The van der Waals surface area contributed by atoms with Gasteiger partial charge in [-0.05, 0) is 17.7 Å². The number of benzene rings is 1. The van der Waals surface area contributed by atoms with Crippen LogP contribution in [0.5, 0.6) is 0 Å². The first-order valence-electron chi connectivity index (χ1n) is 11.6. The number of amidine groups is 1. The van der Waals surface area contributed by atoms with E-state index in [4.69, 9.17) is 5.41 Å². The first-order chi connectivity index (χ1) is 17.1. The normalized spacial score (nSPS) is 15.3. The van der Waals surface area contributed by atoms with Crippen molar-refractivity contribution in [2.75, 3.05) is 31.1 Å². The molecule has 178 valence electrons. The number of aliphatic hydroxyl groups is 1. The smallest absolute Gasteiger partial charge is 0.154 e. The molecule has 3 N–H and O–H groups in total. The molecular formula is C26H28N8O. The van der Waals surface area contributed by atoms with Crippen LogP contribution in [-0.2, 0) is 7.05 Å². The molecule has 4 aromatic rings. The summed E-state index contributed by atoms with van der Waals surface area (Å²) in [6.45, 7) is 3.07. The fraction of sp³-hybridized carbons (Fsp3) is 0.231.